The van der Waals surface area contributed by atoms with Crippen LogP contribution in [0.15, 0.2) is 53.2 Å². The number of aromatic nitrogens is 2. The predicted molar refractivity (Wildman–Crippen MR) is 131 cm³/mol. The summed E-state index contributed by atoms with van der Waals surface area (Å²) in [5.41, 5.74) is 17.0. The van der Waals surface area contributed by atoms with Crippen molar-refractivity contribution in [1.82, 2.24) is 19.8 Å². The van der Waals surface area contributed by atoms with Crippen molar-refractivity contribution in [3.8, 4) is 0 Å². The van der Waals surface area contributed by atoms with Crippen LogP contribution in [0.2, 0.25) is 0 Å². The van der Waals surface area contributed by atoms with E-state index in [2.05, 4.69) is 44.7 Å². The summed E-state index contributed by atoms with van der Waals surface area (Å²) >= 11 is 0. The number of nitrogens with two attached hydrogens (primary N) is 2. The van der Waals surface area contributed by atoms with Gasteiger partial charge in [0.2, 0.25) is 5.95 Å². The molecule has 4 aliphatic rings. The lowest BCUT2D eigenvalue weighted by Gasteiger charge is -2.32. The molecule has 0 bridgehead atoms. The van der Waals surface area contributed by atoms with E-state index in [4.69, 9.17) is 16.3 Å². The van der Waals surface area contributed by atoms with Gasteiger partial charge in [-0.3, -0.25) is 0 Å². The van der Waals surface area contributed by atoms with Gasteiger partial charge >= 0.3 is 6.03 Å². The van der Waals surface area contributed by atoms with Gasteiger partial charge in [-0.2, -0.15) is 0 Å². The molecule has 1 unspecified atom stereocenters. The lowest BCUT2D eigenvalue weighted by Crippen LogP contribution is -2.48. The van der Waals surface area contributed by atoms with Gasteiger partial charge in [0.25, 0.3) is 0 Å². The molecule has 10 heteroatoms. The summed E-state index contributed by atoms with van der Waals surface area (Å²) in [5.74, 6) is 0.619. The van der Waals surface area contributed by atoms with Crippen LogP contribution in [-0.4, -0.2) is 69.3 Å². The Morgan fingerprint density at radius 3 is 2.51 bits per heavy atom. The number of rotatable bonds is 3. The van der Waals surface area contributed by atoms with Crippen molar-refractivity contribution in [3.05, 3.63) is 64.7 Å². The number of fused-ring (bicyclic) bond motifs is 1. The molecule has 1 saturated heterocycles. The molecule has 1 fully saturated rings. The molecule has 0 radical (unpaired) electrons. The fraction of sp³-hybridized carbons (Fsp3) is 0.440. The highest BCUT2D eigenvalue weighted by atomic mass is 16.7. The van der Waals surface area contributed by atoms with E-state index in [1.165, 1.54) is 11.1 Å². The Labute approximate surface area is 204 Å². The highest BCUT2D eigenvalue weighted by Crippen LogP contribution is 2.36. The quantitative estimate of drug-likeness (QED) is 0.615. The first kappa shape index (κ1) is 21.7. The maximum Gasteiger partial charge on any atom is 0.320 e. The number of oxime groups is 1. The van der Waals surface area contributed by atoms with E-state index in [0.29, 0.717) is 62.4 Å². The molecule has 35 heavy (non-hydrogen) atoms. The average Bonchev–Trinajstić information content (AvgIpc) is 3.59. The number of nitrogens with one attached hydrogen (secondary N) is 1. The van der Waals surface area contributed by atoms with E-state index in [-0.39, 0.29) is 6.03 Å². The van der Waals surface area contributed by atoms with Crippen LogP contribution >= 0.6 is 0 Å². The van der Waals surface area contributed by atoms with Gasteiger partial charge in [0.1, 0.15) is 0 Å². The van der Waals surface area contributed by atoms with Gasteiger partial charge < -0.3 is 31.4 Å². The third kappa shape index (κ3) is 4.13. The second kappa shape index (κ2) is 8.44. The Morgan fingerprint density at radius 2 is 1.80 bits per heavy atom. The minimum atomic E-state index is -0.492. The highest BCUT2D eigenvalue weighted by Gasteiger charge is 2.47. The monoisotopic (exact) mass is 474 g/mol. The van der Waals surface area contributed by atoms with Crippen LogP contribution in [0.25, 0.3) is 0 Å². The van der Waals surface area contributed by atoms with E-state index >= 15 is 0 Å². The zero-order chi connectivity index (χ0) is 24.0. The van der Waals surface area contributed by atoms with Gasteiger partial charge in [0.15, 0.2) is 5.60 Å². The molecule has 2 amide bonds. The van der Waals surface area contributed by atoms with Gasteiger partial charge in [-0.25, -0.2) is 14.8 Å². The molecule has 5 N–H and O–H groups in total. The van der Waals surface area contributed by atoms with E-state index < -0.39 is 5.60 Å². The van der Waals surface area contributed by atoms with Crippen LogP contribution in [-0.2, 0) is 17.7 Å². The molecule has 1 spiro atoms. The zero-order valence-corrected chi connectivity index (χ0v) is 19.6. The number of urea groups is 1. The first-order chi connectivity index (χ1) is 17.0. The van der Waals surface area contributed by atoms with Crippen molar-refractivity contribution >= 4 is 17.7 Å². The molecule has 1 aromatic heterocycles. The lowest BCUT2D eigenvalue weighted by atomic mass is 9.94. The number of nitrogens with zero attached hydrogens (tertiary/aromatic N) is 5. The van der Waals surface area contributed by atoms with Gasteiger partial charge in [0.05, 0.1) is 18.8 Å². The van der Waals surface area contributed by atoms with Crippen molar-refractivity contribution < 1.29 is 9.63 Å². The number of anilines is 1. The van der Waals surface area contributed by atoms with E-state index in [1.54, 1.807) is 17.3 Å². The Hall–Kier alpha value is -3.82. The standard InChI is InChI=1S/C25H30N8O2/c26-20-5-7-32(14-21(20)27)24(34)33-8-6-25(15-33)11-22(31-35-25)18-12-28-23(29-13-18)30-19-9-16-3-1-2-4-17(16)10-19/h1-4,12-13,19H,5-11,14-15,26-27H2,(H,28,29,30). The lowest BCUT2D eigenvalue weighted by molar-refractivity contribution is -0.00850. The number of benzene rings is 1. The molecule has 6 rings (SSSR count). The second-order valence-corrected chi connectivity index (χ2v) is 9.98. The van der Waals surface area contributed by atoms with Gasteiger partial charge in [0, 0.05) is 67.7 Å². The van der Waals surface area contributed by atoms with Crippen LogP contribution in [0.4, 0.5) is 10.7 Å². The largest absolute Gasteiger partial charge is 0.401 e. The maximum absolute atomic E-state index is 13.0. The summed E-state index contributed by atoms with van der Waals surface area (Å²) in [5, 5.41) is 7.80. The SMILES string of the molecule is NC1=C(N)CN(C(=O)N2CCC3(CC(c4cnc(NC5Cc6ccccc6C5)nc4)=NO3)C2)CC1. The van der Waals surface area contributed by atoms with Crippen LogP contribution in [0.5, 0.6) is 0 Å². The molecule has 3 aliphatic heterocycles. The first-order valence-electron chi connectivity index (χ1n) is 12.2. The van der Waals surface area contributed by atoms with E-state index in [1.807, 2.05) is 4.90 Å². The summed E-state index contributed by atoms with van der Waals surface area (Å²) in [7, 11) is 0. The van der Waals surface area contributed by atoms with E-state index in [0.717, 1.165) is 30.5 Å². The van der Waals surface area contributed by atoms with Gasteiger partial charge in [-0.15, -0.1) is 0 Å². The molecular weight excluding hydrogens is 444 g/mol. The number of amides is 2. The Kier molecular flexibility index (Phi) is 5.23. The fourth-order valence-electron chi connectivity index (χ4n) is 5.46. The first-order valence-corrected chi connectivity index (χ1v) is 12.2. The number of carbonyl (C=O) groups excluding carboxylic acids is 1. The molecule has 0 saturated carbocycles. The van der Waals surface area contributed by atoms with Gasteiger partial charge in [-0.1, -0.05) is 29.4 Å². The maximum atomic E-state index is 13.0. The normalized spacial score (nSPS) is 24.1. The fourth-order valence-corrected chi connectivity index (χ4v) is 5.46. The summed E-state index contributed by atoms with van der Waals surface area (Å²) in [6, 6.07) is 8.81. The molecule has 4 heterocycles. The van der Waals surface area contributed by atoms with Crippen LogP contribution in [0, 0.1) is 0 Å². The molecule has 1 aromatic carbocycles. The van der Waals surface area contributed by atoms with Crippen molar-refractivity contribution in [2.24, 2.45) is 16.6 Å². The van der Waals surface area contributed by atoms with Crippen molar-refractivity contribution in [2.75, 3.05) is 31.5 Å². The summed E-state index contributed by atoms with van der Waals surface area (Å²) < 4.78 is 0. The molecule has 182 valence electrons. The number of carbonyl (C=O) groups is 1. The Bertz CT molecular complexity index is 1190. The van der Waals surface area contributed by atoms with Crippen LogP contribution in [0.1, 0.15) is 36.0 Å². The molecular formula is C25H30N8O2. The summed E-state index contributed by atoms with van der Waals surface area (Å²) in [4.78, 5) is 31.5. The van der Waals surface area contributed by atoms with Gasteiger partial charge in [-0.05, 0) is 24.0 Å². The van der Waals surface area contributed by atoms with Crippen molar-refractivity contribution in [2.45, 2.75) is 43.7 Å². The number of hydrogen-bond acceptors (Lipinski definition) is 8. The number of likely N-dealkylation sites (tertiary alicyclic amines) is 1. The summed E-state index contributed by atoms with van der Waals surface area (Å²) in [6.45, 7) is 2.08. The van der Waals surface area contributed by atoms with Crippen LogP contribution < -0.4 is 16.8 Å². The van der Waals surface area contributed by atoms with E-state index in [9.17, 15) is 4.79 Å². The smallest absolute Gasteiger partial charge is 0.320 e. The molecule has 2 aromatic rings. The molecule has 1 atom stereocenters. The minimum absolute atomic E-state index is 0.0257. The van der Waals surface area contributed by atoms with Crippen molar-refractivity contribution in [1.29, 1.82) is 0 Å². The Morgan fingerprint density at radius 1 is 1.06 bits per heavy atom. The number of hydrogen-bond donors (Lipinski definition) is 3. The third-order valence-electron chi connectivity index (χ3n) is 7.49. The molecule has 10 nitrogen and oxygen atoms in total. The van der Waals surface area contributed by atoms with Crippen LogP contribution in [0.3, 0.4) is 0 Å². The average molecular weight is 475 g/mol. The zero-order valence-electron chi connectivity index (χ0n) is 19.6. The Balaban J connectivity index is 1.04. The summed E-state index contributed by atoms with van der Waals surface area (Å²) in [6.07, 6.45) is 7.52. The topological polar surface area (TPSA) is 135 Å². The van der Waals surface area contributed by atoms with Crippen molar-refractivity contribution in [3.63, 3.8) is 0 Å². The minimum Gasteiger partial charge on any atom is -0.401 e. The second-order valence-electron chi connectivity index (χ2n) is 9.98. The molecule has 1 aliphatic carbocycles. The predicted octanol–water partition coefficient (Wildman–Crippen LogP) is 1.58. The third-order valence-corrected chi connectivity index (χ3v) is 7.49. The highest BCUT2D eigenvalue weighted by molar-refractivity contribution is 6.01.